The van der Waals surface area contributed by atoms with Crippen LogP contribution in [0.2, 0.25) is 0 Å². The zero-order chi connectivity index (χ0) is 16.0. The molecule has 122 valence electrons. The Hall–Kier alpha value is -1.92. The third kappa shape index (κ3) is 2.42. The Morgan fingerprint density at radius 1 is 1.35 bits per heavy atom. The lowest BCUT2D eigenvalue weighted by molar-refractivity contribution is 0.0971. The number of hydrogen-bond donors (Lipinski definition) is 1. The average molecular weight is 313 g/mol. The van der Waals surface area contributed by atoms with Gasteiger partial charge in [-0.3, -0.25) is 14.3 Å². The Morgan fingerprint density at radius 2 is 2.22 bits per heavy atom. The van der Waals surface area contributed by atoms with Crippen LogP contribution in [0.4, 0.5) is 5.69 Å². The van der Waals surface area contributed by atoms with Gasteiger partial charge in [0.25, 0.3) is 5.56 Å². The van der Waals surface area contributed by atoms with Gasteiger partial charge < -0.3 is 10.2 Å². The third-order valence-corrected chi connectivity index (χ3v) is 5.19. The van der Waals surface area contributed by atoms with E-state index in [0.717, 1.165) is 49.4 Å². The van der Waals surface area contributed by atoms with Crippen molar-refractivity contribution in [2.75, 3.05) is 37.6 Å². The second-order valence-corrected chi connectivity index (χ2v) is 6.65. The van der Waals surface area contributed by atoms with E-state index in [1.54, 1.807) is 23.9 Å². The molecule has 1 N–H and O–H groups in total. The van der Waals surface area contributed by atoms with Crippen molar-refractivity contribution in [3.8, 4) is 0 Å². The number of nitrogens with zero attached hydrogens (tertiary/aromatic N) is 4. The molecule has 2 aliphatic rings. The fourth-order valence-corrected chi connectivity index (χ4v) is 4.00. The monoisotopic (exact) mass is 313 g/mol. The molecule has 0 bridgehead atoms. The standard InChI is InChI=1S/C17H23N5O/c1-12-10-21(11-13-9-18-6-7-22(12)13)15-8-16(23)20(2)17-14(15)4-3-5-19-17/h3-5,8,12-13,18H,6-7,9-11H2,1-2H3. The number of aromatic nitrogens is 2. The van der Waals surface area contributed by atoms with Gasteiger partial charge in [-0.15, -0.1) is 0 Å². The Bertz CT molecular complexity index is 786. The van der Waals surface area contributed by atoms with Crippen LogP contribution in [0.3, 0.4) is 0 Å². The van der Waals surface area contributed by atoms with Gasteiger partial charge in [-0.1, -0.05) is 0 Å². The lowest BCUT2D eigenvalue weighted by atomic mass is 10.0. The minimum atomic E-state index is 0.00283. The summed E-state index contributed by atoms with van der Waals surface area (Å²) >= 11 is 0. The van der Waals surface area contributed by atoms with Crippen molar-refractivity contribution in [1.29, 1.82) is 0 Å². The molecule has 2 fully saturated rings. The number of rotatable bonds is 1. The number of anilines is 1. The van der Waals surface area contributed by atoms with E-state index in [1.807, 2.05) is 6.07 Å². The predicted octanol–water partition coefficient (Wildman–Crippen LogP) is 0.416. The van der Waals surface area contributed by atoms with Gasteiger partial charge in [0.1, 0.15) is 5.65 Å². The van der Waals surface area contributed by atoms with Crippen molar-refractivity contribution >= 4 is 16.7 Å². The first kappa shape index (κ1) is 14.7. The molecule has 6 heteroatoms. The summed E-state index contributed by atoms with van der Waals surface area (Å²) in [5, 5.41) is 4.54. The molecule has 4 rings (SSSR count). The van der Waals surface area contributed by atoms with Crippen LogP contribution >= 0.6 is 0 Å². The van der Waals surface area contributed by atoms with Crippen LogP contribution in [-0.4, -0.2) is 59.3 Å². The summed E-state index contributed by atoms with van der Waals surface area (Å²) in [4.78, 5) is 21.7. The van der Waals surface area contributed by atoms with Crippen molar-refractivity contribution < 1.29 is 0 Å². The fourth-order valence-electron chi connectivity index (χ4n) is 4.00. The van der Waals surface area contributed by atoms with E-state index in [9.17, 15) is 4.79 Å². The molecule has 2 aromatic rings. The topological polar surface area (TPSA) is 53.4 Å². The largest absolute Gasteiger partial charge is 0.368 e. The second-order valence-electron chi connectivity index (χ2n) is 6.65. The van der Waals surface area contributed by atoms with E-state index >= 15 is 0 Å². The van der Waals surface area contributed by atoms with Crippen LogP contribution in [0.1, 0.15) is 6.92 Å². The highest BCUT2D eigenvalue weighted by molar-refractivity contribution is 5.89. The quantitative estimate of drug-likeness (QED) is 0.827. The molecule has 2 saturated heterocycles. The summed E-state index contributed by atoms with van der Waals surface area (Å²) in [7, 11) is 1.78. The molecule has 2 aromatic heterocycles. The molecule has 2 atom stereocenters. The van der Waals surface area contributed by atoms with Gasteiger partial charge in [-0.05, 0) is 19.1 Å². The van der Waals surface area contributed by atoms with Crippen LogP contribution in [0.25, 0.3) is 11.0 Å². The molecule has 0 spiro atoms. The van der Waals surface area contributed by atoms with E-state index in [4.69, 9.17) is 0 Å². The Morgan fingerprint density at radius 3 is 3.09 bits per heavy atom. The molecule has 4 heterocycles. The Kier molecular flexibility index (Phi) is 3.58. The summed E-state index contributed by atoms with van der Waals surface area (Å²) in [6.07, 6.45) is 1.75. The third-order valence-electron chi connectivity index (χ3n) is 5.19. The SMILES string of the molecule is CC1CN(c2cc(=O)n(C)c3ncccc23)CC2CNCCN12. The molecule has 6 nitrogen and oxygen atoms in total. The van der Waals surface area contributed by atoms with Gasteiger partial charge in [0.05, 0.1) is 5.69 Å². The summed E-state index contributed by atoms with van der Waals surface area (Å²) < 4.78 is 1.63. The Balaban J connectivity index is 1.77. The van der Waals surface area contributed by atoms with Crippen molar-refractivity contribution in [3.05, 3.63) is 34.7 Å². The first-order valence-corrected chi connectivity index (χ1v) is 8.31. The lowest BCUT2D eigenvalue weighted by Crippen LogP contribution is -2.64. The van der Waals surface area contributed by atoms with Gasteiger partial charge in [-0.2, -0.15) is 0 Å². The van der Waals surface area contributed by atoms with Gasteiger partial charge in [0, 0.05) is 69.5 Å². The van der Waals surface area contributed by atoms with Gasteiger partial charge in [0.15, 0.2) is 0 Å². The highest BCUT2D eigenvalue weighted by Gasteiger charge is 2.34. The van der Waals surface area contributed by atoms with Gasteiger partial charge in [0.2, 0.25) is 0 Å². The van der Waals surface area contributed by atoms with Crippen molar-refractivity contribution in [2.24, 2.45) is 7.05 Å². The lowest BCUT2D eigenvalue weighted by Gasteiger charge is -2.49. The van der Waals surface area contributed by atoms with Crippen molar-refractivity contribution in [3.63, 3.8) is 0 Å². The molecule has 0 amide bonds. The van der Waals surface area contributed by atoms with E-state index in [1.165, 1.54) is 0 Å². The molecule has 0 aliphatic carbocycles. The van der Waals surface area contributed by atoms with Crippen LogP contribution < -0.4 is 15.8 Å². The Labute approximate surface area is 135 Å². The molecular weight excluding hydrogens is 290 g/mol. The maximum Gasteiger partial charge on any atom is 0.253 e. The smallest absolute Gasteiger partial charge is 0.253 e. The molecule has 0 radical (unpaired) electrons. The number of nitrogens with one attached hydrogen (secondary N) is 1. The molecule has 2 aliphatic heterocycles. The van der Waals surface area contributed by atoms with E-state index in [2.05, 4.69) is 33.1 Å². The first-order valence-electron chi connectivity index (χ1n) is 8.31. The van der Waals surface area contributed by atoms with Crippen molar-refractivity contribution in [1.82, 2.24) is 19.8 Å². The zero-order valence-electron chi connectivity index (χ0n) is 13.7. The molecular formula is C17H23N5O. The van der Waals surface area contributed by atoms with Crippen LogP contribution in [0.5, 0.6) is 0 Å². The number of piperazine rings is 2. The molecule has 2 unspecified atom stereocenters. The fraction of sp³-hybridized carbons (Fsp3) is 0.529. The van der Waals surface area contributed by atoms with E-state index in [-0.39, 0.29) is 5.56 Å². The highest BCUT2D eigenvalue weighted by Crippen LogP contribution is 2.28. The highest BCUT2D eigenvalue weighted by atomic mass is 16.1. The number of aryl methyl sites for hydroxylation is 1. The predicted molar refractivity (Wildman–Crippen MR) is 92.0 cm³/mol. The van der Waals surface area contributed by atoms with E-state index < -0.39 is 0 Å². The molecule has 0 saturated carbocycles. The van der Waals surface area contributed by atoms with Gasteiger partial charge in [-0.25, -0.2) is 4.98 Å². The maximum atomic E-state index is 12.3. The number of pyridine rings is 2. The summed E-state index contributed by atoms with van der Waals surface area (Å²) in [5.41, 5.74) is 1.78. The second kappa shape index (κ2) is 5.62. The van der Waals surface area contributed by atoms with Gasteiger partial charge >= 0.3 is 0 Å². The normalized spacial score (nSPS) is 25.6. The summed E-state index contributed by atoms with van der Waals surface area (Å²) in [6, 6.07) is 6.77. The summed E-state index contributed by atoms with van der Waals surface area (Å²) in [6.45, 7) is 7.38. The number of fused-ring (bicyclic) bond motifs is 2. The average Bonchev–Trinajstić information content (AvgIpc) is 2.58. The van der Waals surface area contributed by atoms with Crippen molar-refractivity contribution in [2.45, 2.75) is 19.0 Å². The summed E-state index contributed by atoms with van der Waals surface area (Å²) in [5.74, 6) is 0. The maximum absolute atomic E-state index is 12.3. The van der Waals surface area contributed by atoms with Crippen LogP contribution in [0, 0.1) is 0 Å². The van der Waals surface area contributed by atoms with Crippen LogP contribution in [0.15, 0.2) is 29.2 Å². The minimum Gasteiger partial charge on any atom is -0.368 e. The number of hydrogen-bond acceptors (Lipinski definition) is 5. The van der Waals surface area contributed by atoms with E-state index in [0.29, 0.717) is 12.1 Å². The van der Waals surface area contributed by atoms with Crippen LogP contribution in [-0.2, 0) is 7.05 Å². The zero-order valence-corrected chi connectivity index (χ0v) is 13.7. The molecule has 0 aromatic carbocycles. The molecule has 23 heavy (non-hydrogen) atoms. The first-order chi connectivity index (χ1) is 11.1. The minimum absolute atomic E-state index is 0.00283.